The van der Waals surface area contributed by atoms with Crippen molar-refractivity contribution in [1.82, 2.24) is 4.90 Å². The number of anilines is 3. The highest BCUT2D eigenvalue weighted by molar-refractivity contribution is 6.10. The van der Waals surface area contributed by atoms with Crippen LogP contribution >= 0.6 is 0 Å². The second-order valence-electron chi connectivity index (χ2n) is 10.2. The molecular formula is C30H30N4O3. The molecule has 0 bridgehead atoms. The average molecular weight is 495 g/mol. The van der Waals surface area contributed by atoms with Crippen molar-refractivity contribution in [2.45, 2.75) is 44.8 Å². The van der Waals surface area contributed by atoms with Gasteiger partial charge in [-0.1, -0.05) is 48.5 Å². The van der Waals surface area contributed by atoms with Crippen LogP contribution in [0, 0.1) is 0 Å². The number of nitrogens with one attached hydrogen (secondary N) is 1. The third kappa shape index (κ3) is 3.95. The lowest BCUT2D eigenvalue weighted by Gasteiger charge is -2.48. The number of para-hydroxylation sites is 3. The second-order valence-corrected chi connectivity index (χ2v) is 10.2. The molecule has 0 saturated carbocycles. The van der Waals surface area contributed by atoms with Gasteiger partial charge in [0.2, 0.25) is 11.8 Å². The molecule has 3 aromatic carbocycles. The van der Waals surface area contributed by atoms with Crippen molar-refractivity contribution in [2.75, 3.05) is 28.2 Å². The molecule has 1 N–H and O–H groups in total. The van der Waals surface area contributed by atoms with Crippen LogP contribution in [0.2, 0.25) is 0 Å². The fourth-order valence-electron chi connectivity index (χ4n) is 6.02. The second kappa shape index (κ2) is 9.07. The number of carbonyl (C=O) groups is 3. The van der Waals surface area contributed by atoms with Gasteiger partial charge in [0, 0.05) is 43.9 Å². The van der Waals surface area contributed by atoms with Gasteiger partial charge < -0.3 is 15.1 Å². The summed E-state index contributed by atoms with van der Waals surface area (Å²) in [5.74, 6) is -0.278. The summed E-state index contributed by atoms with van der Waals surface area (Å²) in [5.41, 5.74) is 4.85. The SMILES string of the molecule is CC12CCC(=O)N1c1ccccc1C(=O)N2CCC(=O)Nc1ccccc1CN1CCc2ccccc21. The summed E-state index contributed by atoms with van der Waals surface area (Å²) >= 11 is 0. The van der Waals surface area contributed by atoms with Crippen LogP contribution < -0.4 is 15.1 Å². The van der Waals surface area contributed by atoms with Gasteiger partial charge in [-0.2, -0.15) is 0 Å². The number of amides is 3. The number of hydrogen-bond donors (Lipinski definition) is 1. The van der Waals surface area contributed by atoms with E-state index in [4.69, 9.17) is 0 Å². The quantitative estimate of drug-likeness (QED) is 0.545. The number of carbonyl (C=O) groups excluding carboxylic acids is 3. The fourth-order valence-corrected chi connectivity index (χ4v) is 6.02. The molecule has 7 heteroatoms. The number of benzene rings is 3. The van der Waals surface area contributed by atoms with Gasteiger partial charge in [0.05, 0.1) is 11.3 Å². The van der Waals surface area contributed by atoms with Gasteiger partial charge in [-0.3, -0.25) is 19.3 Å². The molecule has 3 aliphatic rings. The lowest BCUT2D eigenvalue weighted by molar-refractivity contribution is -0.117. The van der Waals surface area contributed by atoms with Gasteiger partial charge in [0.15, 0.2) is 0 Å². The molecule has 0 aliphatic carbocycles. The molecule has 7 nitrogen and oxygen atoms in total. The summed E-state index contributed by atoms with van der Waals surface area (Å²) in [7, 11) is 0. The van der Waals surface area contributed by atoms with Gasteiger partial charge in [-0.15, -0.1) is 0 Å². The molecule has 0 radical (unpaired) electrons. The van der Waals surface area contributed by atoms with Crippen molar-refractivity contribution in [3.05, 3.63) is 89.5 Å². The van der Waals surface area contributed by atoms with Crippen molar-refractivity contribution in [2.24, 2.45) is 0 Å². The fraction of sp³-hybridized carbons (Fsp3) is 0.300. The molecule has 1 fully saturated rings. The molecule has 0 spiro atoms. The Morgan fingerprint density at radius 3 is 2.51 bits per heavy atom. The molecule has 3 heterocycles. The lowest BCUT2D eigenvalue weighted by atomic mass is 9.98. The summed E-state index contributed by atoms with van der Waals surface area (Å²) in [6, 6.07) is 23.6. The van der Waals surface area contributed by atoms with E-state index in [1.165, 1.54) is 11.3 Å². The number of hydrogen-bond acceptors (Lipinski definition) is 4. The summed E-state index contributed by atoms with van der Waals surface area (Å²) in [4.78, 5) is 45.1. The zero-order valence-corrected chi connectivity index (χ0v) is 20.9. The molecule has 37 heavy (non-hydrogen) atoms. The zero-order chi connectivity index (χ0) is 25.6. The molecule has 1 atom stereocenters. The Morgan fingerprint density at radius 1 is 0.919 bits per heavy atom. The van der Waals surface area contributed by atoms with E-state index in [0.29, 0.717) is 30.6 Å². The molecule has 0 aromatic heterocycles. The number of nitrogens with zero attached hydrogens (tertiary/aromatic N) is 3. The maximum atomic E-state index is 13.4. The van der Waals surface area contributed by atoms with E-state index in [9.17, 15) is 14.4 Å². The predicted octanol–water partition coefficient (Wildman–Crippen LogP) is 4.58. The first kappa shape index (κ1) is 23.3. The summed E-state index contributed by atoms with van der Waals surface area (Å²) in [5, 5.41) is 3.08. The summed E-state index contributed by atoms with van der Waals surface area (Å²) in [6.07, 6.45) is 2.10. The first-order chi connectivity index (χ1) is 18.0. The molecule has 3 amide bonds. The molecule has 3 aromatic rings. The monoisotopic (exact) mass is 494 g/mol. The van der Waals surface area contributed by atoms with Crippen molar-refractivity contribution in [3.63, 3.8) is 0 Å². The zero-order valence-electron chi connectivity index (χ0n) is 20.9. The van der Waals surface area contributed by atoms with E-state index >= 15 is 0 Å². The van der Waals surface area contributed by atoms with Crippen LogP contribution in [0.4, 0.5) is 17.1 Å². The minimum Gasteiger partial charge on any atom is -0.367 e. The molecule has 188 valence electrons. The number of rotatable bonds is 6. The highest BCUT2D eigenvalue weighted by Crippen LogP contribution is 2.44. The van der Waals surface area contributed by atoms with Crippen LogP contribution in [-0.2, 0) is 22.6 Å². The Balaban J connectivity index is 1.17. The molecule has 1 saturated heterocycles. The largest absolute Gasteiger partial charge is 0.367 e. The van der Waals surface area contributed by atoms with Crippen molar-refractivity contribution in [3.8, 4) is 0 Å². The lowest BCUT2D eigenvalue weighted by Crippen LogP contribution is -2.62. The van der Waals surface area contributed by atoms with Gasteiger partial charge in [0.1, 0.15) is 5.66 Å². The maximum Gasteiger partial charge on any atom is 0.257 e. The van der Waals surface area contributed by atoms with E-state index in [1.807, 2.05) is 43.3 Å². The minimum atomic E-state index is -0.760. The Labute approximate surface area is 216 Å². The normalized spacial score (nSPS) is 20.1. The third-order valence-electron chi connectivity index (χ3n) is 7.94. The Morgan fingerprint density at radius 2 is 1.65 bits per heavy atom. The third-order valence-corrected chi connectivity index (χ3v) is 7.94. The van der Waals surface area contributed by atoms with E-state index in [1.54, 1.807) is 21.9 Å². The predicted molar refractivity (Wildman–Crippen MR) is 143 cm³/mol. The van der Waals surface area contributed by atoms with Crippen LogP contribution in [-0.4, -0.2) is 41.4 Å². The van der Waals surface area contributed by atoms with Crippen LogP contribution in [0.5, 0.6) is 0 Å². The average Bonchev–Trinajstić information content (AvgIpc) is 3.45. The van der Waals surface area contributed by atoms with Gasteiger partial charge in [-0.25, -0.2) is 0 Å². The minimum absolute atomic E-state index is 0.00863. The van der Waals surface area contributed by atoms with E-state index < -0.39 is 5.66 Å². The topological polar surface area (TPSA) is 73.0 Å². The van der Waals surface area contributed by atoms with Crippen LogP contribution in [0.15, 0.2) is 72.8 Å². The highest BCUT2D eigenvalue weighted by Gasteiger charge is 2.52. The van der Waals surface area contributed by atoms with E-state index in [2.05, 4.69) is 34.5 Å². The number of fused-ring (bicyclic) bond motifs is 4. The van der Waals surface area contributed by atoms with Crippen molar-refractivity contribution < 1.29 is 14.4 Å². The summed E-state index contributed by atoms with van der Waals surface area (Å²) in [6.45, 7) is 3.83. The Hall–Kier alpha value is -4.13. The molecule has 1 unspecified atom stereocenters. The standard InChI is InChI=1S/C30H30N4O3/c1-30-17-14-28(36)34(30)26-13-7-4-10-23(26)29(37)33(30)19-16-27(35)31-24-11-5-2-9-22(24)20-32-18-15-21-8-3-6-12-25(21)32/h2-13H,14-20H2,1H3,(H,31,35). The van der Waals surface area contributed by atoms with Gasteiger partial charge >= 0.3 is 0 Å². The molecule has 6 rings (SSSR count). The van der Waals surface area contributed by atoms with Crippen LogP contribution in [0.1, 0.15) is 47.7 Å². The van der Waals surface area contributed by atoms with E-state index in [-0.39, 0.29) is 30.7 Å². The molecular weight excluding hydrogens is 464 g/mol. The Kier molecular flexibility index (Phi) is 5.71. The van der Waals surface area contributed by atoms with Crippen molar-refractivity contribution >= 4 is 34.8 Å². The van der Waals surface area contributed by atoms with Gasteiger partial charge in [0.25, 0.3) is 5.91 Å². The van der Waals surface area contributed by atoms with E-state index in [0.717, 1.165) is 24.2 Å². The molecule has 3 aliphatic heterocycles. The Bertz CT molecular complexity index is 1400. The van der Waals surface area contributed by atoms with Crippen LogP contribution in [0.25, 0.3) is 0 Å². The first-order valence-electron chi connectivity index (χ1n) is 12.9. The smallest absolute Gasteiger partial charge is 0.257 e. The maximum absolute atomic E-state index is 13.4. The first-order valence-corrected chi connectivity index (χ1v) is 12.9. The summed E-state index contributed by atoms with van der Waals surface area (Å²) < 4.78 is 0. The van der Waals surface area contributed by atoms with Crippen molar-refractivity contribution in [1.29, 1.82) is 0 Å². The highest BCUT2D eigenvalue weighted by atomic mass is 16.2. The van der Waals surface area contributed by atoms with Gasteiger partial charge in [-0.05, 0) is 55.2 Å². The van der Waals surface area contributed by atoms with Crippen LogP contribution in [0.3, 0.4) is 0 Å².